The predicted molar refractivity (Wildman–Crippen MR) is 140 cm³/mol. The van der Waals surface area contributed by atoms with Gasteiger partial charge in [0.05, 0.1) is 11.6 Å². The van der Waals surface area contributed by atoms with Gasteiger partial charge in [-0.05, 0) is 72.1 Å². The number of carboxylic acid groups (broad SMARTS) is 1. The van der Waals surface area contributed by atoms with Crippen molar-refractivity contribution in [3.63, 3.8) is 0 Å². The van der Waals surface area contributed by atoms with Crippen molar-refractivity contribution < 1.29 is 23.9 Å². The second kappa shape index (κ2) is 9.44. The maximum absolute atomic E-state index is 13.3. The van der Waals surface area contributed by atoms with Crippen molar-refractivity contribution in [2.75, 3.05) is 0 Å². The second-order valence-corrected chi connectivity index (χ2v) is 9.58. The van der Waals surface area contributed by atoms with Crippen LogP contribution in [0.4, 0.5) is 0 Å². The van der Waals surface area contributed by atoms with E-state index >= 15 is 0 Å². The van der Waals surface area contributed by atoms with E-state index < -0.39 is 17.8 Å². The van der Waals surface area contributed by atoms with Crippen LogP contribution in [0.15, 0.2) is 46.9 Å². The Balaban J connectivity index is 1.24. The normalized spacial score (nSPS) is 14.4. The molecule has 2 aromatic carbocycles. The first-order chi connectivity index (χ1) is 18.8. The molecule has 3 heterocycles. The molecule has 196 valence electrons. The summed E-state index contributed by atoms with van der Waals surface area (Å²) in [7, 11) is 0. The van der Waals surface area contributed by atoms with Gasteiger partial charge in [-0.1, -0.05) is 12.1 Å². The van der Waals surface area contributed by atoms with Gasteiger partial charge in [-0.3, -0.25) is 9.59 Å². The van der Waals surface area contributed by atoms with Gasteiger partial charge < -0.3 is 20.2 Å². The van der Waals surface area contributed by atoms with Crippen molar-refractivity contribution in [1.82, 2.24) is 35.2 Å². The fourth-order valence-corrected chi connectivity index (χ4v) is 5.03. The summed E-state index contributed by atoms with van der Waals surface area (Å²) in [5, 5.41) is 21.7. The Bertz CT molecular complexity index is 1870. The van der Waals surface area contributed by atoms with Gasteiger partial charge in [-0.2, -0.15) is 0 Å². The van der Waals surface area contributed by atoms with Crippen molar-refractivity contribution in [3.8, 4) is 0 Å². The Hall–Kier alpha value is -4.91. The lowest BCUT2D eigenvalue weighted by molar-refractivity contribution is 0.0696. The first-order valence-corrected chi connectivity index (χ1v) is 12.5. The molecule has 12 nitrogen and oxygen atoms in total. The largest absolute Gasteiger partial charge is 0.478 e. The number of aromatic nitrogens is 5. The lowest BCUT2D eigenvalue weighted by Crippen LogP contribution is -2.30. The van der Waals surface area contributed by atoms with Gasteiger partial charge >= 0.3 is 5.97 Å². The van der Waals surface area contributed by atoms with Crippen molar-refractivity contribution in [1.29, 1.82) is 0 Å². The number of carbonyl (C=O) groups is 3. The number of hydrogen-bond donors (Lipinski definition) is 4. The number of rotatable bonds is 6. The standard InChI is InChI=1S/C26H21N7O5S/c1-12-28-18-8-13(2-7-21(18)38-12)11-27-23(35)20-10-19(30-25-31-32-26(39)33(20)25)22(34)29-17-6-4-14-9-15(24(36)37)3-5-16(14)17/h2-3,5,7-10,17H,4,6,11H2,1H3,(H,27,35)(H,29,34)(H,32,39)(H,36,37)/t17-/m0/s1. The molecule has 6 rings (SSSR count). The molecular weight excluding hydrogens is 522 g/mol. The summed E-state index contributed by atoms with van der Waals surface area (Å²) < 4.78 is 7.02. The number of nitrogens with one attached hydrogen (secondary N) is 3. The van der Waals surface area contributed by atoms with E-state index in [4.69, 9.17) is 16.6 Å². The number of hydrogen-bond acceptors (Lipinski definition) is 8. The van der Waals surface area contributed by atoms with Gasteiger partial charge in [0.1, 0.15) is 16.9 Å². The van der Waals surface area contributed by atoms with Crippen LogP contribution in [0, 0.1) is 11.7 Å². The molecule has 5 aromatic rings. The number of benzene rings is 2. The van der Waals surface area contributed by atoms with E-state index in [-0.39, 0.29) is 40.1 Å². The van der Waals surface area contributed by atoms with E-state index in [0.717, 1.165) is 16.7 Å². The number of carbonyl (C=O) groups excluding carboxylic acids is 2. The molecule has 2 amide bonds. The van der Waals surface area contributed by atoms with E-state index in [1.165, 1.54) is 16.5 Å². The number of aryl methyl sites for hydroxylation is 2. The molecule has 39 heavy (non-hydrogen) atoms. The Kier molecular flexibility index (Phi) is 5.91. The summed E-state index contributed by atoms with van der Waals surface area (Å²) in [4.78, 5) is 46.4. The third-order valence-electron chi connectivity index (χ3n) is 6.64. The fourth-order valence-electron chi connectivity index (χ4n) is 4.80. The number of carboxylic acids is 1. The first kappa shape index (κ1) is 24.4. The molecule has 0 unspecified atom stereocenters. The minimum absolute atomic E-state index is 0.00301. The quantitative estimate of drug-likeness (QED) is 0.235. The minimum Gasteiger partial charge on any atom is -0.478 e. The van der Waals surface area contributed by atoms with E-state index in [2.05, 4.69) is 30.8 Å². The minimum atomic E-state index is -1.00. The molecule has 1 aliphatic rings. The van der Waals surface area contributed by atoms with Crippen LogP contribution in [0.5, 0.6) is 0 Å². The van der Waals surface area contributed by atoms with Gasteiger partial charge in [0.25, 0.3) is 17.6 Å². The van der Waals surface area contributed by atoms with Crippen LogP contribution in [0.1, 0.15) is 66.4 Å². The summed E-state index contributed by atoms with van der Waals surface area (Å²) in [6.07, 6.45) is 1.25. The Labute approximate surface area is 225 Å². The zero-order valence-corrected chi connectivity index (χ0v) is 21.3. The first-order valence-electron chi connectivity index (χ1n) is 12.1. The molecule has 0 saturated heterocycles. The molecule has 1 aliphatic carbocycles. The summed E-state index contributed by atoms with van der Waals surface area (Å²) in [6.45, 7) is 1.97. The number of nitrogens with zero attached hydrogens (tertiary/aromatic N) is 4. The van der Waals surface area contributed by atoms with Gasteiger partial charge in [0.2, 0.25) is 4.77 Å². The number of fused-ring (bicyclic) bond motifs is 3. The molecule has 0 saturated carbocycles. The van der Waals surface area contributed by atoms with Crippen molar-refractivity contribution in [3.05, 3.63) is 86.8 Å². The van der Waals surface area contributed by atoms with Crippen LogP contribution in [0.3, 0.4) is 0 Å². The van der Waals surface area contributed by atoms with Crippen molar-refractivity contribution >= 4 is 46.9 Å². The molecule has 1 atom stereocenters. The van der Waals surface area contributed by atoms with E-state index in [1.54, 1.807) is 25.1 Å². The molecular formula is C26H21N7O5S. The Morgan fingerprint density at radius 2 is 2.00 bits per heavy atom. The van der Waals surface area contributed by atoms with Crippen LogP contribution in [0.25, 0.3) is 16.9 Å². The lowest BCUT2D eigenvalue weighted by atomic mass is 10.0. The van der Waals surface area contributed by atoms with Crippen molar-refractivity contribution in [2.45, 2.75) is 32.4 Å². The van der Waals surface area contributed by atoms with Gasteiger partial charge in [0, 0.05) is 13.5 Å². The van der Waals surface area contributed by atoms with Crippen LogP contribution in [-0.4, -0.2) is 47.5 Å². The molecule has 0 fully saturated rings. The van der Waals surface area contributed by atoms with Gasteiger partial charge in [-0.15, -0.1) is 5.10 Å². The Morgan fingerprint density at radius 3 is 2.82 bits per heavy atom. The zero-order chi connectivity index (χ0) is 27.3. The smallest absolute Gasteiger partial charge is 0.335 e. The Morgan fingerprint density at radius 1 is 1.15 bits per heavy atom. The number of oxazole rings is 1. The van der Waals surface area contributed by atoms with Crippen LogP contribution in [-0.2, 0) is 13.0 Å². The molecule has 0 spiro atoms. The van der Waals surface area contributed by atoms with E-state index in [9.17, 15) is 19.5 Å². The number of aromatic carboxylic acids is 1. The number of amides is 2. The second-order valence-electron chi connectivity index (χ2n) is 9.19. The lowest BCUT2D eigenvalue weighted by Gasteiger charge is -2.15. The molecule has 4 N–H and O–H groups in total. The maximum Gasteiger partial charge on any atom is 0.335 e. The van der Waals surface area contributed by atoms with Gasteiger partial charge in [0.15, 0.2) is 11.5 Å². The van der Waals surface area contributed by atoms with E-state index in [0.29, 0.717) is 29.8 Å². The van der Waals surface area contributed by atoms with Crippen LogP contribution in [0.2, 0.25) is 0 Å². The summed E-state index contributed by atoms with van der Waals surface area (Å²) in [6, 6.07) is 11.4. The average Bonchev–Trinajstić information content (AvgIpc) is 3.62. The highest BCUT2D eigenvalue weighted by atomic mass is 32.1. The summed E-state index contributed by atoms with van der Waals surface area (Å²) in [5.74, 6) is -1.34. The maximum atomic E-state index is 13.3. The van der Waals surface area contributed by atoms with Crippen LogP contribution < -0.4 is 10.6 Å². The molecule has 0 bridgehead atoms. The highest BCUT2D eigenvalue weighted by Gasteiger charge is 2.27. The summed E-state index contributed by atoms with van der Waals surface area (Å²) >= 11 is 5.29. The van der Waals surface area contributed by atoms with E-state index in [1.807, 2.05) is 12.1 Å². The predicted octanol–water partition coefficient (Wildman–Crippen LogP) is 3.28. The SMILES string of the molecule is Cc1nc2cc(CNC(=O)c3cc(C(=O)N[C@H]4CCc5cc(C(=O)O)ccc54)nc4n[nH]c(=S)n34)ccc2o1. The van der Waals surface area contributed by atoms with Gasteiger partial charge in [-0.25, -0.2) is 24.3 Å². The van der Waals surface area contributed by atoms with Crippen LogP contribution >= 0.6 is 12.2 Å². The monoisotopic (exact) mass is 543 g/mol. The highest BCUT2D eigenvalue weighted by Crippen LogP contribution is 2.32. The number of aromatic amines is 1. The molecule has 0 radical (unpaired) electrons. The summed E-state index contributed by atoms with van der Waals surface area (Å²) in [5.41, 5.74) is 4.19. The number of H-pyrrole nitrogens is 1. The molecule has 0 aliphatic heterocycles. The third kappa shape index (κ3) is 4.52. The zero-order valence-electron chi connectivity index (χ0n) is 20.5. The van der Waals surface area contributed by atoms with Crippen molar-refractivity contribution in [2.24, 2.45) is 0 Å². The molecule has 3 aromatic heterocycles. The molecule has 13 heteroatoms. The fraction of sp³-hybridized carbons (Fsp3) is 0.192. The average molecular weight is 544 g/mol. The highest BCUT2D eigenvalue weighted by molar-refractivity contribution is 7.71. The third-order valence-corrected chi connectivity index (χ3v) is 6.91. The topological polar surface area (TPSA) is 168 Å².